The van der Waals surface area contributed by atoms with E-state index >= 15 is 0 Å². The fourth-order valence-corrected chi connectivity index (χ4v) is 2.47. The lowest BCUT2D eigenvalue weighted by atomic mass is 10.2. The molecule has 2 N–H and O–H groups in total. The Morgan fingerprint density at radius 1 is 1.27 bits per heavy atom. The number of hydrogen-bond donors (Lipinski definition) is 2. The molecule has 1 atom stereocenters. The lowest BCUT2D eigenvalue weighted by molar-refractivity contribution is -0.131. The van der Waals surface area contributed by atoms with Crippen LogP contribution in [0, 0.1) is 0 Å². The van der Waals surface area contributed by atoms with E-state index in [2.05, 4.69) is 15.6 Å². The largest absolute Gasteiger partial charge is 0.368 e. The van der Waals surface area contributed by atoms with Crippen LogP contribution >= 0.6 is 0 Å². The minimum atomic E-state index is -0.424. The van der Waals surface area contributed by atoms with Gasteiger partial charge in [0.2, 0.25) is 11.8 Å². The van der Waals surface area contributed by atoms with Crippen molar-refractivity contribution in [2.75, 3.05) is 18.5 Å². The number of hydrogen-bond acceptors (Lipinski definition) is 4. The van der Waals surface area contributed by atoms with Gasteiger partial charge in [0.25, 0.3) is 0 Å². The quantitative estimate of drug-likeness (QED) is 0.896. The normalized spacial score (nSPS) is 17.4. The summed E-state index contributed by atoms with van der Waals surface area (Å²) in [5.74, 6) is -0.520. The zero-order chi connectivity index (χ0) is 15.4. The number of fused-ring (bicyclic) bond motifs is 1. The molecule has 2 heterocycles. The summed E-state index contributed by atoms with van der Waals surface area (Å²) in [4.78, 5) is 28.0. The van der Waals surface area contributed by atoms with Crippen molar-refractivity contribution in [3.05, 3.63) is 36.5 Å². The van der Waals surface area contributed by atoms with Crippen molar-refractivity contribution in [2.24, 2.45) is 0 Å². The maximum Gasteiger partial charge on any atom is 0.249 e. The predicted molar refractivity (Wildman–Crippen MR) is 82.4 cm³/mol. The van der Waals surface area contributed by atoms with Crippen molar-refractivity contribution in [3.63, 3.8) is 0 Å². The van der Waals surface area contributed by atoms with Gasteiger partial charge in [-0.1, -0.05) is 18.2 Å². The van der Waals surface area contributed by atoms with Gasteiger partial charge in [-0.3, -0.25) is 14.6 Å². The number of rotatable bonds is 4. The number of carbonyl (C=O) groups is 2. The van der Waals surface area contributed by atoms with E-state index in [4.69, 9.17) is 4.74 Å². The first-order valence-corrected chi connectivity index (χ1v) is 7.27. The molecule has 1 fully saturated rings. The molecular weight excluding hydrogens is 282 g/mol. The highest BCUT2D eigenvalue weighted by molar-refractivity contribution is 6.01. The molecule has 6 nitrogen and oxygen atoms in total. The zero-order valence-corrected chi connectivity index (χ0v) is 12.0. The number of ether oxygens (including phenoxy) is 1. The van der Waals surface area contributed by atoms with Gasteiger partial charge in [-0.05, 0) is 25.0 Å². The molecule has 1 aliphatic heterocycles. The van der Waals surface area contributed by atoms with Crippen molar-refractivity contribution < 1.29 is 14.3 Å². The van der Waals surface area contributed by atoms with Crippen LogP contribution in [0.4, 0.5) is 5.69 Å². The van der Waals surface area contributed by atoms with Gasteiger partial charge in [-0.15, -0.1) is 0 Å². The van der Waals surface area contributed by atoms with Crippen LogP contribution < -0.4 is 10.6 Å². The van der Waals surface area contributed by atoms with Gasteiger partial charge in [0, 0.05) is 18.2 Å². The number of pyridine rings is 1. The van der Waals surface area contributed by atoms with E-state index in [1.165, 1.54) is 0 Å². The van der Waals surface area contributed by atoms with E-state index < -0.39 is 6.10 Å². The molecule has 1 aromatic carbocycles. The first-order valence-electron chi connectivity index (χ1n) is 7.27. The van der Waals surface area contributed by atoms with Gasteiger partial charge in [0.15, 0.2) is 0 Å². The summed E-state index contributed by atoms with van der Waals surface area (Å²) in [7, 11) is 0. The number of aromatic nitrogens is 1. The Morgan fingerprint density at radius 3 is 2.95 bits per heavy atom. The average Bonchev–Trinajstić information content (AvgIpc) is 3.07. The molecule has 0 radical (unpaired) electrons. The Kier molecular flexibility index (Phi) is 4.29. The van der Waals surface area contributed by atoms with Crippen LogP contribution in [-0.4, -0.2) is 36.1 Å². The molecule has 1 unspecified atom stereocenters. The monoisotopic (exact) mass is 299 g/mol. The van der Waals surface area contributed by atoms with Crippen molar-refractivity contribution in [2.45, 2.75) is 18.9 Å². The summed E-state index contributed by atoms with van der Waals surface area (Å²) in [6.45, 7) is 0.522. The fraction of sp³-hybridized carbons (Fsp3) is 0.312. The van der Waals surface area contributed by atoms with Crippen molar-refractivity contribution in [3.8, 4) is 0 Å². The SMILES string of the molecule is O=C(CNC(=O)C1CCCO1)Nc1cccc2cccnc12. The topological polar surface area (TPSA) is 80.3 Å². The van der Waals surface area contributed by atoms with Gasteiger partial charge in [0.1, 0.15) is 6.10 Å². The van der Waals surface area contributed by atoms with Gasteiger partial charge < -0.3 is 15.4 Å². The first kappa shape index (κ1) is 14.5. The first-order chi connectivity index (χ1) is 10.7. The van der Waals surface area contributed by atoms with E-state index in [9.17, 15) is 9.59 Å². The predicted octanol–water partition coefficient (Wildman–Crippen LogP) is 1.47. The molecule has 0 saturated carbocycles. The third kappa shape index (κ3) is 3.23. The van der Waals surface area contributed by atoms with E-state index in [1.807, 2.05) is 24.3 Å². The van der Waals surface area contributed by atoms with Gasteiger partial charge in [-0.2, -0.15) is 0 Å². The van der Waals surface area contributed by atoms with Crippen LogP contribution in [-0.2, 0) is 14.3 Å². The molecule has 2 aromatic rings. The molecule has 22 heavy (non-hydrogen) atoms. The Bertz CT molecular complexity index is 691. The number of anilines is 1. The molecule has 3 rings (SSSR count). The number of para-hydroxylation sites is 1. The molecule has 2 amide bonds. The molecule has 1 saturated heterocycles. The molecule has 0 aliphatic carbocycles. The van der Waals surface area contributed by atoms with Crippen LogP contribution in [0.3, 0.4) is 0 Å². The summed E-state index contributed by atoms with van der Waals surface area (Å²) >= 11 is 0. The minimum absolute atomic E-state index is 0.0814. The zero-order valence-electron chi connectivity index (χ0n) is 12.0. The van der Waals surface area contributed by atoms with E-state index in [-0.39, 0.29) is 18.4 Å². The molecular formula is C16H17N3O3. The standard InChI is InChI=1S/C16H17N3O3/c20-14(10-18-16(21)13-7-3-9-22-13)19-12-6-1-4-11-5-2-8-17-15(11)12/h1-2,4-6,8,13H,3,7,9-10H2,(H,18,21)(H,19,20). The molecule has 1 aromatic heterocycles. The minimum Gasteiger partial charge on any atom is -0.368 e. The lowest BCUT2D eigenvalue weighted by Gasteiger charge is -2.11. The van der Waals surface area contributed by atoms with Crippen molar-refractivity contribution in [1.82, 2.24) is 10.3 Å². The van der Waals surface area contributed by atoms with E-state index in [0.29, 0.717) is 18.7 Å². The van der Waals surface area contributed by atoms with E-state index in [0.717, 1.165) is 17.3 Å². The maximum absolute atomic E-state index is 12.0. The summed E-state index contributed by atoms with van der Waals surface area (Å²) in [5, 5.41) is 6.32. The summed E-state index contributed by atoms with van der Waals surface area (Å²) in [6, 6.07) is 9.34. The Balaban J connectivity index is 1.60. The fourth-order valence-electron chi connectivity index (χ4n) is 2.47. The third-order valence-electron chi connectivity index (χ3n) is 3.55. The summed E-state index contributed by atoms with van der Waals surface area (Å²) < 4.78 is 5.27. The van der Waals surface area contributed by atoms with E-state index in [1.54, 1.807) is 12.3 Å². The summed E-state index contributed by atoms with van der Waals surface area (Å²) in [5.41, 5.74) is 1.36. The Hall–Kier alpha value is -2.47. The van der Waals surface area contributed by atoms with Gasteiger partial charge >= 0.3 is 0 Å². The Labute approximate surface area is 127 Å². The smallest absolute Gasteiger partial charge is 0.249 e. The molecule has 1 aliphatic rings. The number of nitrogens with one attached hydrogen (secondary N) is 2. The van der Waals surface area contributed by atoms with Gasteiger partial charge in [0.05, 0.1) is 17.7 Å². The van der Waals surface area contributed by atoms with Crippen LogP contribution in [0.2, 0.25) is 0 Å². The van der Waals surface area contributed by atoms with Crippen LogP contribution in [0.5, 0.6) is 0 Å². The molecule has 0 bridgehead atoms. The Morgan fingerprint density at radius 2 is 2.14 bits per heavy atom. The summed E-state index contributed by atoms with van der Waals surface area (Å²) in [6.07, 6.45) is 2.84. The van der Waals surface area contributed by atoms with Gasteiger partial charge in [-0.25, -0.2) is 0 Å². The highest BCUT2D eigenvalue weighted by Gasteiger charge is 2.23. The molecule has 114 valence electrons. The van der Waals surface area contributed by atoms with Crippen molar-refractivity contribution >= 4 is 28.4 Å². The van der Waals surface area contributed by atoms with Crippen LogP contribution in [0.1, 0.15) is 12.8 Å². The second-order valence-corrected chi connectivity index (χ2v) is 5.15. The third-order valence-corrected chi connectivity index (χ3v) is 3.55. The highest BCUT2D eigenvalue weighted by Crippen LogP contribution is 2.20. The van der Waals surface area contributed by atoms with Crippen molar-refractivity contribution in [1.29, 1.82) is 0 Å². The molecule has 6 heteroatoms. The number of carbonyl (C=O) groups excluding carboxylic acids is 2. The number of amides is 2. The number of benzene rings is 1. The number of nitrogens with zero attached hydrogens (tertiary/aromatic N) is 1. The second-order valence-electron chi connectivity index (χ2n) is 5.15. The second kappa shape index (κ2) is 6.53. The van der Waals surface area contributed by atoms with Crippen LogP contribution in [0.15, 0.2) is 36.5 Å². The molecule has 0 spiro atoms. The lowest BCUT2D eigenvalue weighted by Crippen LogP contribution is -2.39. The maximum atomic E-state index is 12.0. The van der Waals surface area contributed by atoms with Crippen LogP contribution in [0.25, 0.3) is 10.9 Å². The average molecular weight is 299 g/mol. The highest BCUT2D eigenvalue weighted by atomic mass is 16.5.